The first kappa shape index (κ1) is 16.7. The van der Waals surface area contributed by atoms with E-state index < -0.39 is 10.0 Å². The van der Waals surface area contributed by atoms with Gasteiger partial charge in [-0.25, -0.2) is 13.4 Å². The molecule has 1 aliphatic heterocycles. The summed E-state index contributed by atoms with van der Waals surface area (Å²) in [7, 11) is 0.621. The molecule has 2 heterocycles. The van der Waals surface area contributed by atoms with E-state index in [9.17, 15) is 8.42 Å². The highest BCUT2D eigenvalue weighted by Crippen LogP contribution is 2.23. The number of halogens is 1. The average Bonchev–Trinajstić information content (AvgIpc) is 2.47. The lowest BCUT2D eigenvalue weighted by molar-refractivity contribution is 0.224. The molecule has 1 saturated heterocycles. The van der Waals surface area contributed by atoms with E-state index in [2.05, 4.69) is 9.88 Å². The lowest BCUT2D eigenvalue weighted by atomic mass is 9.98. The fourth-order valence-electron chi connectivity index (χ4n) is 2.62. The van der Waals surface area contributed by atoms with Gasteiger partial charge in [0.2, 0.25) is 0 Å². The predicted molar refractivity (Wildman–Crippen MR) is 83.8 cm³/mol. The van der Waals surface area contributed by atoms with Crippen LogP contribution in [0.25, 0.3) is 0 Å². The quantitative estimate of drug-likeness (QED) is 0.772. The smallest absolute Gasteiger partial charge is 0.260 e. The number of rotatable bonds is 5. The normalized spacial score (nSPS) is 18.3. The number of piperidine rings is 1. The van der Waals surface area contributed by atoms with Crippen molar-refractivity contribution in [2.45, 2.75) is 23.7 Å². The van der Waals surface area contributed by atoms with E-state index in [1.54, 1.807) is 16.4 Å². The highest BCUT2D eigenvalue weighted by atomic mass is 35.5. The Morgan fingerprint density at radius 2 is 2.00 bits per heavy atom. The second-order valence-corrected chi connectivity index (χ2v) is 7.90. The molecule has 7 heteroatoms. The van der Waals surface area contributed by atoms with Gasteiger partial charge in [-0.05, 0) is 44.5 Å². The van der Waals surface area contributed by atoms with E-state index in [1.807, 2.05) is 14.1 Å². The molecule has 5 nitrogen and oxygen atoms in total. The van der Waals surface area contributed by atoms with Crippen LogP contribution >= 0.6 is 11.6 Å². The van der Waals surface area contributed by atoms with E-state index in [1.165, 1.54) is 6.20 Å². The van der Waals surface area contributed by atoms with Gasteiger partial charge in [-0.2, -0.15) is 4.31 Å². The van der Waals surface area contributed by atoms with Gasteiger partial charge in [0.05, 0.1) is 0 Å². The summed E-state index contributed by atoms with van der Waals surface area (Å²) in [5.41, 5.74) is 0.820. The Labute approximate surface area is 132 Å². The van der Waals surface area contributed by atoms with Crippen LogP contribution in [0.1, 0.15) is 18.4 Å². The van der Waals surface area contributed by atoms with Gasteiger partial charge in [0, 0.05) is 31.7 Å². The summed E-state index contributed by atoms with van der Waals surface area (Å²) in [6, 6.07) is 3.25. The maximum atomic E-state index is 12.5. The highest BCUT2D eigenvalue weighted by molar-refractivity contribution is 7.89. The Hall–Kier alpha value is -0.690. The third-order valence-electron chi connectivity index (χ3n) is 3.75. The first-order chi connectivity index (χ1) is 9.93. The lowest BCUT2D eigenvalue weighted by Crippen LogP contribution is -2.40. The molecule has 0 amide bonds. The summed E-state index contributed by atoms with van der Waals surface area (Å²) < 4.78 is 26.6. The number of hydrogen-bond donors (Lipinski definition) is 0. The Morgan fingerprint density at radius 1 is 1.33 bits per heavy atom. The van der Waals surface area contributed by atoms with Crippen molar-refractivity contribution in [2.75, 3.05) is 33.7 Å². The van der Waals surface area contributed by atoms with Gasteiger partial charge in [0.25, 0.3) is 10.0 Å². The summed E-state index contributed by atoms with van der Waals surface area (Å²) in [6.45, 7) is 2.15. The third-order valence-corrected chi connectivity index (χ3v) is 5.88. The van der Waals surface area contributed by atoms with Gasteiger partial charge in [-0.15, -0.1) is 11.6 Å². The van der Waals surface area contributed by atoms with Crippen molar-refractivity contribution in [3.63, 3.8) is 0 Å². The molecule has 0 radical (unpaired) electrons. The zero-order valence-corrected chi connectivity index (χ0v) is 14.1. The molecule has 0 aromatic carbocycles. The number of alkyl halides is 1. The molecule has 0 saturated carbocycles. The van der Waals surface area contributed by atoms with Crippen LogP contribution in [0.3, 0.4) is 0 Å². The molecule has 0 aliphatic carbocycles. The van der Waals surface area contributed by atoms with Crippen molar-refractivity contribution in [3.05, 3.63) is 23.9 Å². The molecule has 0 spiro atoms. The second kappa shape index (κ2) is 7.05. The fraction of sp³-hybridized carbons (Fsp3) is 0.643. The summed E-state index contributed by atoms with van der Waals surface area (Å²) in [5, 5.41) is 0.113. The minimum Gasteiger partial charge on any atom is -0.309 e. The Balaban J connectivity index is 2.03. The minimum absolute atomic E-state index is 0.113. The number of hydrogen-bond acceptors (Lipinski definition) is 4. The molecule has 0 bridgehead atoms. The van der Waals surface area contributed by atoms with Crippen LogP contribution in [-0.4, -0.2) is 56.3 Å². The zero-order valence-electron chi connectivity index (χ0n) is 12.5. The fourth-order valence-corrected chi connectivity index (χ4v) is 4.16. The zero-order chi connectivity index (χ0) is 15.5. The number of pyridine rings is 1. The van der Waals surface area contributed by atoms with Crippen molar-refractivity contribution < 1.29 is 8.42 Å². The second-order valence-electron chi connectivity index (χ2n) is 5.75. The van der Waals surface area contributed by atoms with Crippen LogP contribution in [0.5, 0.6) is 0 Å². The van der Waals surface area contributed by atoms with Crippen LogP contribution in [0.4, 0.5) is 0 Å². The molecule has 1 fully saturated rings. The number of nitrogens with zero attached hydrogens (tertiary/aromatic N) is 3. The molecule has 118 valence electrons. The third kappa shape index (κ3) is 4.16. The van der Waals surface area contributed by atoms with E-state index in [0.717, 1.165) is 24.9 Å². The molecule has 1 aliphatic rings. The van der Waals surface area contributed by atoms with Gasteiger partial charge in [-0.3, -0.25) is 0 Å². The van der Waals surface area contributed by atoms with Gasteiger partial charge >= 0.3 is 0 Å². The average molecular weight is 332 g/mol. The molecule has 0 atom stereocenters. The summed E-state index contributed by atoms with van der Waals surface area (Å²) in [5.74, 6) is 0.904. The van der Waals surface area contributed by atoms with Gasteiger partial charge in [-0.1, -0.05) is 6.07 Å². The van der Waals surface area contributed by atoms with E-state index >= 15 is 0 Å². The van der Waals surface area contributed by atoms with Crippen molar-refractivity contribution in [2.24, 2.45) is 5.92 Å². The van der Waals surface area contributed by atoms with Crippen molar-refractivity contribution in [1.29, 1.82) is 0 Å². The topological polar surface area (TPSA) is 53.5 Å². The van der Waals surface area contributed by atoms with Crippen molar-refractivity contribution in [3.8, 4) is 0 Å². The summed E-state index contributed by atoms with van der Waals surface area (Å²) in [6.07, 6.45) is 3.33. The highest BCUT2D eigenvalue weighted by Gasteiger charge is 2.30. The molecule has 0 N–H and O–H groups in total. The Kier molecular flexibility index (Phi) is 5.60. The molecule has 1 aromatic heterocycles. The SMILES string of the molecule is CN(C)CC1CCN(S(=O)(=O)c2ccc(CCl)cn2)CC1. The Morgan fingerprint density at radius 3 is 2.48 bits per heavy atom. The van der Waals surface area contributed by atoms with Crippen molar-refractivity contribution >= 4 is 21.6 Å². The molecular formula is C14H22ClN3O2S. The van der Waals surface area contributed by atoms with Crippen LogP contribution in [0.2, 0.25) is 0 Å². The van der Waals surface area contributed by atoms with Crippen LogP contribution in [0.15, 0.2) is 23.4 Å². The lowest BCUT2D eigenvalue weighted by Gasteiger charge is -2.32. The predicted octanol–water partition coefficient (Wildman–Crippen LogP) is 1.78. The molecular weight excluding hydrogens is 310 g/mol. The molecule has 1 aromatic rings. The number of aromatic nitrogens is 1. The standard InChI is InChI=1S/C14H22ClN3O2S/c1-17(2)11-12-5-7-18(8-6-12)21(19,20)14-4-3-13(9-15)10-16-14/h3-4,10,12H,5-9,11H2,1-2H3. The van der Waals surface area contributed by atoms with E-state index in [-0.39, 0.29) is 5.03 Å². The number of sulfonamides is 1. The van der Waals surface area contributed by atoms with Gasteiger partial charge in [0.15, 0.2) is 5.03 Å². The van der Waals surface area contributed by atoms with E-state index in [0.29, 0.717) is 24.9 Å². The van der Waals surface area contributed by atoms with Crippen LogP contribution < -0.4 is 0 Å². The first-order valence-corrected chi connectivity index (χ1v) is 9.06. The Bertz CT molecular complexity index is 552. The molecule has 2 rings (SSSR count). The maximum absolute atomic E-state index is 12.5. The summed E-state index contributed by atoms with van der Waals surface area (Å²) in [4.78, 5) is 6.20. The monoisotopic (exact) mass is 331 g/mol. The van der Waals surface area contributed by atoms with Crippen molar-refractivity contribution in [1.82, 2.24) is 14.2 Å². The van der Waals surface area contributed by atoms with E-state index in [4.69, 9.17) is 11.6 Å². The first-order valence-electron chi connectivity index (χ1n) is 7.09. The van der Waals surface area contributed by atoms with Gasteiger partial charge in [0.1, 0.15) is 0 Å². The maximum Gasteiger partial charge on any atom is 0.260 e. The molecule has 21 heavy (non-hydrogen) atoms. The minimum atomic E-state index is -3.47. The molecule has 0 unspecified atom stereocenters. The summed E-state index contributed by atoms with van der Waals surface area (Å²) >= 11 is 5.70. The van der Waals surface area contributed by atoms with Gasteiger partial charge < -0.3 is 4.90 Å². The van der Waals surface area contributed by atoms with Crippen LogP contribution in [0, 0.1) is 5.92 Å². The largest absolute Gasteiger partial charge is 0.309 e. The van der Waals surface area contributed by atoms with Crippen LogP contribution in [-0.2, 0) is 15.9 Å².